The number of hydrogen-bond acceptors (Lipinski definition) is 6. The van der Waals surface area contributed by atoms with Crippen molar-refractivity contribution in [2.45, 2.75) is 25.8 Å². The molecular formula is C12H22N2O4. The van der Waals surface area contributed by atoms with Crippen LogP contribution in [0.3, 0.4) is 0 Å². The van der Waals surface area contributed by atoms with Gasteiger partial charge in [0.15, 0.2) is 0 Å². The summed E-state index contributed by atoms with van der Waals surface area (Å²) in [5, 5.41) is 0. The van der Waals surface area contributed by atoms with Crippen LogP contribution in [0.25, 0.3) is 0 Å². The van der Waals surface area contributed by atoms with Crippen LogP contribution in [-0.2, 0) is 19.1 Å². The molecular weight excluding hydrogens is 236 g/mol. The first-order valence-corrected chi connectivity index (χ1v) is 6.25. The molecule has 1 aliphatic heterocycles. The highest BCUT2D eigenvalue weighted by Crippen LogP contribution is 2.19. The molecule has 1 aliphatic rings. The van der Waals surface area contributed by atoms with Crippen molar-refractivity contribution < 1.29 is 19.1 Å². The Hall–Kier alpha value is -1.14. The van der Waals surface area contributed by atoms with E-state index in [4.69, 9.17) is 10.5 Å². The van der Waals surface area contributed by atoms with Gasteiger partial charge in [0.1, 0.15) is 0 Å². The quantitative estimate of drug-likeness (QED) is 0.685. The Morgan fingerprint density at radius 3 is 2.67 bits per heavy atom. The number of nitrogens with zero attached hydrogens (tertiary/aromatic N) is 1. The first-order chi connectivity index (χ1) is 8.55. The first-order valence-electron chi connectivity index (χ1n) is 6.25. The zero-order valence-electron chi connectivity index (χ0n) is 11.1. The van der Waals surface area contributed by atoms with E-state index in [1.807, 2.05) is 4.90 Å². The van der Waals surface area contributed by atoms with E-state index in [1.54, 1.807) is 6.92 Å². The number of carbonyl (C=O) groups excluding carboxylic acids is 2. The van der Waals surface area contributed by atoms with Crippen LogP contribution in [0, 0.1) is 5.92 Å². The molecule has 6 heteroatoms. The number of esters is 2. The normalized spacial score (nSPS) is 24.6. The molecule has 2 atom stereocenters. The van der Waals surface area contributed by atoms with Gasteiger partial charge in [0.25, 0.3) is 0 Å². The van der Waals surface area contributed by atoms with Crippen LogP contribution >= 0.6 is 0 Å². The minimum atomic E-state index is -0.247. The van der Waals surface area contributed by atoms with Gasteiger partial charge in [-0.3, -0.25) is 14.5 Å². The Morgan fingerprint density at radius 1 is 1.33 bits per heavy atom. The molecule has 0 aromatic carbocycles. The van der Waals surface area contributed by atoms with Crippen molar-refractivity contribution in [3.63, 3.8) is 0 Å². The highest BCUT2D eigenvalue weighted by atomic mass is 16.5. The molecule has 0 aromatic heterocycles. The number of rotatable bonds is 5. The predicted octanol–water partition coefficient (Wildman–Crippen LogP) is -0.238. The van der Waals surface area contributed by atoms with Crippen LogP contribution in [-0.4, -0.2) is 56.2 Å². The molecule has 0 saturated carbocycles. The van der Waals surface area contributed by atoms with Crippen LogP contribution in [0.5, 0.6) is 0 Å². The summed E-state index contributed by atoms with van der Waals surface area (Å²) in [7, 11) is 1.38. The number of ether oxygens (including phenoxy) is 2. The Labute approximate surface area is 107 Å². The van der Waals surface area contributed by atoms with Crippen molar-refractivity contribution in [3.8, 4) is 0 Å². The third-order valence-corrected chi connectivity index (χ3v) is 2.99. The van der Waals surface area contributed by atoms with E-state index in [0.29, 0.717) is 26.1 Å². The van der Waals surface area contributed by atoms with Gasteiger partial charge in [-0.2, -0.15) is 0 Å². The molecule has 6 nitrogen and oxygen atoms in total. The van der Waals surface area contributed by atoms with Crippen molar-refractivity contribution in [3.05, 3.63) is 0 Å². The molecule has 1 rings (SSSR count). The second kappa shape index (κ2) is 7.33. The minimum absolute atomic E-state index is 0.0113. The van der Waals surface area contributed by atoms with Crippen molar-refractivity contribution in [1.82, 2.24) is 4.90 Å². The van der Waals surface area contributed by atoms with Crippen LogP contribution in [0.15, 0.2) is 0 Å². The second-order valence-electron chi connectivity index (χ2n) is 4.64. The lowest BCUT2D eigenvalue weighted by atomic mass is 9.92. The molecule has 2 N–H and O–H groups in total. The van der Waals surface area contributed by atoms with Gasteiger partial charge in [-0.15, -0.1) is 0 Å². The Morgan fingerprint density at radius 2 is 2.06 bits per heavy atom. The maximum absolute atomic E-state index is 11.4. The average molecular weight is 258 g/mol. The highest BCUT2D eigenvalue weighted by Gasteiger charge is 2.28. The molecule has 0 amide bonds. The molecule has 0 radical (unpaired) electrons. The lowest BCUT2D eigenvalue weighted by Gasteiger charge is -2.35. The molecule has 1 saturated heterocycles. The maximum atomic E-state index is 11.4. The number of methoxy groups -OCH3 is 1. The van der Waals surface area contributed by atoms with Crippen LogP contribution < -0.4 is 5.73 Å². The van der Waals surface area contributed by atoms with E-state index in [1.165, 1.54) is 7.11 Å². The predicted molar refractivity (Wildman–Crippen MR) is 65.8 cm³/mol. The van der Waals surface area contributed by atoms with Crippen molar-refractivity contribution in [2.24, 2.45) is 11.7 Å². The summed E-state index contributed by atoms with van der Waals surface area (Å²) in [4.78, 5) is 24.6. The van der Waals surface area contributed by atoms with E-state index in [2.05, 4.69) is 4.74 Å². The van der Waals surface area contributed by atoms with Gasteiger partial charge >= 0.3 is 11.9 Å². The zero-order chi connectivity index (χ0) is 13.5. The number of likely N-dealkylation sites (tertiary alicyclic amines) is 1. The average Bonchev–Trinajstić information content (AvgIpc) is 2.28. The maximum Gasteiger partial charge on any atom is 0.320 e. The Bertz CT molecular complexity index is 296. The topological polar surface area (TPSA) is 81.9 Å². The number of piperidine rings is 1. The fourth-order valence-electron chi connectivity index (χ4n) is 2.33. The van der Waals surface area contributed by atoms with E-state index in [-0.39, 0.29) is 30.4 Å². The monoisotopic (exact) mass is 258 g/mol. The number of hydrogen-bond donors (Lipinski definition) is 1. The summed E-state index contributed by atoms with van der Waals surface area (Å²) in [6.07, 6.45) is 1.14. The summed E-state index contributed by atoms with van der Waals surface area (Å²) in [6, 6.07) is -0.0113. The fourth-order valence-corrected chi connectivity index (χ4v) is 2.33. The van der Waals surface area contributed by atoms with Crippen LogP contribution in [0.4, 0.5) is 0 Å². The molecule has 2 unspecified atom stereocenters. The molecule has 1 heterocycles. The van der Waals surface area contributed by atoms with E-state index in [0.717, 1.165) is 6.42 Å². The smallest absolute Gasteiger partial charge is 0.320 e. The van der Waals surface area contributed by atoms with Gasteiger partial charge in [0.2, 0.25) is 0 Å². The second-order valence-corrected chi connectivity index (χ2v) is 4.64. The summed E-state index contributed by atoms with van der Waals surface area (Å²) in [5.74, 6) is -0.329. The molecule has 0 spiro atoms. The Balaban J connectivity index is 2.44. The molecule has 104 valence electrons. The highest BCUT2D eigenvalue weighted by molar-refractivity contribution is 5.71. The van der Waals surface area contributed by atoms with Gasteiger partial charge < -0.3 is 15.2 Å². The molecule has 1 fully saturated rings. The van der Waals surface area contributed by atoms with Gasteiger partial charge in [-0.05, 0) is 19.3 Å². The SMILES string of the molecule is CCOC(=O)CN1CC(N)CC(CC(=O)OC)C1. The number of nitrogens with two attached hydrogens (primary N) is 1. The lowest BCUT2D eigenvalue weighted by Crippen LogP contribution is -2.49. The van der Waals surface area contributed by atoms with Gasteiger partial charge in [-0.1, -0.05) is 0 Å². The minimum Gasteiger partial charge on any atom is -0.469 e. The van der Waals surface area contributed by atoms with E-state index in [9.17, 15) is 9.59 Å². The third kappa shape index (κ3) is 5.01. The lowest BCUT2D eigenvalue weighted by molar-refractivity contribution is -0.145. The summed E-state index contributed by atoms with van der Waals surface area (Å²) >= 11 is 0. The van der Waals surface area contributed by atoms with Crippen LogP contribution in [0.1, 0.15) is 19.8 Å². The summed E-state index contributed by atoms with van der Waals surface area (Å²) in [5.41, 5.74) is 5.94. The first kappa shape index (κ1) is 14.9. The largest absolute Gasteiger partial charge is 0.469 e. The molecule has 0 bridgehead atoms. The zero-order valence-corrected chi connectivity index (χ0v) is 11.1. The molecule has 18 heavy (non-hydrogen) atoms. The fraction of sp³-hybridized carbons (Fsp3) is 0.833. The van der Waals surface area contributed by atoms with Crippen molar-refractivity contribution in [2.75, 3.05) is 33.4 Å². The third-order valence-electron chi connectivity index (χ3n) is 2.99. The van der Waals surface area contributed by atoms with Gasteiger partial charge in [0.05, 0.1) is 20.3 Å². The van der Waals surface area contributed by atoms with E-state index >= 15 is 0 Å². The standard InChI is InChI=1S/C12H22N2O4/c1-3-18-12(16)8-14-6-9(4-10(13)7-14)5-11(15)17-2/h9-10H,3-8,13H2,1-2H3. The molecule has 0 aliphatic carbocycles. The summed E-state index contributed by atoms with van der Waals surface area (Å²) < 4.78 is 9.56. The Kier molecular flexibility index (Phi) is 6.07. The van der Waals surface area contributed by atoms with Gasteiger partial charge in [0, 0.05) is 25.6 Å². The summed E-state index contributed by atoms with van der Waals surface area (Å²) in [6.45, 7) is 3.74. The van der Waals surface area contributed by atoms with E-state index < -0.39 is 0 Å². The van der Waals surface area contributed by atoms with Crippen LogP contribution in [0.2, 0.25) is 0 Å². The van der Waals surface area contributed by atoms with Gasteiger partial charge in [-0.25, -0.2) is 0 Å². The van der Waals surface area contributed by atoms with Crippen molar-refractivity contribution in [1.29, 1.82) is 0 Å². The number of carbonyl (C=O) groups is 2. The molecule has 0 aromatic rings. The van der Waals surface area contributed by atoms with Crippen molar-refractivity contribution >= 4 is 11.9 Å².